The number of unbranched alkanes of at least 4 members (excludes halogenated alkanes) is 9. The van der Waals surface area contributed by atoms with Crippen molar-refractivity contribution in [3.63, 3.8) is 0 Å². The van der Waals surface area contributed by atoms with Crippen LogP contribution in [0.2, 0.25) is 0 Å². The summed E-state index contributed by atoms with van der Waals surface area (Å²) in [4.78, 5) is 11.8. The smallest absolute Gasteiger partial charge is 0.264 e. The maximum Gasteiger partial charge on any atom is 0.264 e. The van der Waals surface area contributed by atoms with E-state index in [1.54, 1.807) is 0 Å². The van der Waals surface area contributed by atoms with Crippen molar-refractivity contribution in [2.45, 2.75) is 91.4 Å². The Morgan fingerprint density at radius 2 is 1.42 bits per heavy atom. The average molecular weight is 457 g/mol. The lowest BCUT2D eigenvalue weighted by molar-refractivity contribution is 0.0981. The molecule has 0 aliphatic rings. The lowest BCUT2D eigenvalue weighted by Crippen LogP contribution is -2.29. The summed E-state index contributed by atoms with van der Waals surface area (Å²) in [6.07, 6.45) is 14.7. The largest absolute Gasteiger partial charge is 0.383 e. The quantitative estimate of drug-likeness (QED) is 0.305. The van der Waals surface area contributed by atoms with E-state index in [2.05, 4.69) is 26.1 Å². The molecule has 0 unspecified atom stereocenters. The van der Waals surface area contributed by atoms with Gasteiger partial charge in [0.1, 0.15) is 5.82 Å². The van der Waals surface area contributed by atoms with Crippen LogP contribution in [0.25, 0.3) is 0 Å². The molecule has 0 fully saturated rings. The number of nitrogens with one attached hydrogen (secondary N) is 2. The Kier molecular flexibility index (Phi) is 12.1. The topological polar surface area (TPSA) is 75.3 Å². The fourth-order valence-electron chi connectivity index (χ4n) is 3.44. The molecule has 178 valence electrons. The average Bonchev–Trinajstić information content (AvgIpc) is 2.64. The molecule has 0 spiro atoms. The van der Waals surface area contributed by atoms with Crippen molar-refractivity contribution in [2.75, 3.05) is 18.1 Å². The number of amides is 1. The lowest BCUT2D eigenvalue weighted by atomic mass is 9.89. The van der Waals surface area contributed by atoms with E-state index in [-0.39, 0.29) is 5.56 Å². The third-order valence-corrected chi connectivity index (χ3v) is 5.73. The molecule has 0 heterocycles. The molecule has 0 aromatic heterocycles. The second-order valence-corrected chi connectivity index (χ2v) is 11.4. The molecule has 2 N–H and O–H groups in total. The Balaban J connectivity index is 2.08. The molecular formula is C24H41FN2O3S. The van der Waals surface area contributed by atoms with Crippen LogP contribution in [0.1, 0.15) is 102 Å². The number of hydrogen-bond acceptors (Lipinski definition) is 4. The number of carbonyl (C=O) groups excluding carboxylic acids is 1. The summed E-state index contributed by atoms with van der Waals surface area (Å²) < 4.78 is 38.2. The van der Waals surface area contributed by atoms with Crippen LogP contribution in [-0.2, 0) is 10.0 Å². The lowest BCUT2D eigenvalue weighted by Gasteiger charge is -2.17. The Labute approximate surface area is 188 Å². The monoisotopic (exact) mass is 456 g/mol. The number of sulfonamides is 1. The Morgan fingerprint density at radius 1 is 0.903 bits per heavy atom. The zero-order valence-electron chi connectivity index (χ0n) is 19.7. The number of rotatable bonds is 15. The molecule has 5 nitrogen and oxygen atoms in total. The number of halogens is 1. The molecule has 1 aromatic rings. The molecule has 0 saturated carbocycles. The maximum absolute atomic E-state index is 14.1. The van der Waals surface area contributed by atoms with E-state index in [0.29, 0.717) is 17.6 Å². The van der Waals surface area contributed by atoms with E-state index in [1.165, 1.54) is 69.9 Å². The summed E-state index contributed by atoms with van der Waals surface area (Å²) in [5.74, 6) is -1.40. The molecule has 0 atom stereocenters. The van der Waals surface area contributed by atoms with Crippen LogP contribution in [-0.4, -0.2) is 27.1 Å². The first-order valence-electron chi connectivity index (χ1n) is 11.5. The van der Waals surface area contributed by atoms with Crippen molar-refractivity contribution in [1.29, 1.82) is 0 Å². The predicted octanol–water partition coefficient (Wildman–Crippen LogP) is 6.26. The minimum atomic E-state index is -3.67. The number of anilines is 1. The predicted molar refractivity (Wildman–Crippen MR) is 127 cm³/mol. The fourth-order valence-corrected chi connectivity index (χ4v) is 3.90. The molecule has 1 amide bonds. The molecule has 0 aliphatic heterocycles. The van der Waals surface area contributed by atoms with Crippen molar-refractivity contribution in [3.8, 4) is 0 Å². The SMILES string of the molecule is CC(C)(C)CCCCCCCCCCCCNc1ccc(C(=O)NS(C)(=O)=O)cc1F. The van der Waals surface area contributed by atoms with E-state index in [1.807, 2.05) is 4.72 Å². The summed E-state index contributed by atoms with van der Waals surface area (Å²) in [5, 5.41) is 3.04. The van der Waals surface area contributed by atoms with E-state index in [9.17, 15) is 17.6 Å². The number of benzene rings is 1. The zero-order chi connectivity index (χ0) is 23.3. The van der Waals surface area contributed by atoms with Gasteiger partial charge in [-0.15, -0.1) is 0 Å². The fraction of sp³-hybridized carbons (Fsp3) is 0.708. The van der Waals surface area contributed by atoms with E-state index < -0.39 is 21.7 Å². The first-order chi connectivity index (χ1) is 14.5. The van der Waals surface area contributed by atoms with Crippen LogP contribution in [0.15, 0.2) is 18.2 Å². The van der Waals surface area contributed by atoms with Crippen molar-refractivity contribution in [3.05, 3.63) is 29.6 Å². The van der Waals surface area contributed by atoms with Gasteiger partial charge in [0, 0.05) is 12.1 Å². The number of hydrogen-bond donors (Lipinski definition) is 2. The molecule has 1 aromatic carbocycles. The number of carbonyl (C=O) groups is 1. The van der Waals surface area contributed by atoms with Crippen LogP contribution in [0.3, 0.4) is 0 Å². The van der Waals surface area contributed by atoms with Gasteiger partial charge in [-0.25, -0.2) is 17.5 Å². The third kappa shape index (κ3) is 14.1. The molecule has 0 aliphatic carbocycles. The minimum absolute atomic E-state index is 0.0253. The van der Waals surface area contributed by atoms with Gasteiger partial charge in [0.05, 0.1) is 11.9 Å². The van der Waals surface area contributed by atoms with Gasteiger partial charge in [-0.3, -0.25) is 4.79 Å². The highest BCUT2D eigenvalue weighted by atomic mass is 32.2. The second-order valence-electron chi connectivity index (χ2n) is 9.67. The van der Waals surface area contributed by atoms with Gasteiger partial charge in [-0.05, 0) is 36.5 Å². The zero-order valence-corrected chi connectivity index (χ0v) is 20.5. The van der Waals surface area contributed by atoms with Crippen LogP contribution in [0.4, 0.5) is 10.1 Å². The van der Waals surface area contributed by atoms with Gasteiger partial charge in [-0.2, -0.15) is 0 Å². The summed E-state index contributed by atoms with van der Waals surface area (Å²) in [6, 6.07) is 3.93. The normalized spacial score (nSPS) is 12.0. The van der Waals surface area contributed by atoms with Gasteiger partial charge in [0.2, 0.25) is 10.0 Å². The third-order valence-electron chi connectivity index (χ3n) is 5.18. The molecule has 0 saturated heterocycles. The first-order valence-corrected chi connectivity index (χ1v) is 13.4. The first kappa shape index (κ1) is 27.4. The highest BCUT2D eigenvalue weighted by Gasteiger charge is 2.13. The summed E-state index contributed by atoms with van der Waals surface area (Å²) in [6.45, 7) is 7.58. The van der Waals surface area contributed by atoms with Crippen LogP contribution in [0, 0.1) is 11.2 Å². The molecule has 0 radical (unpaired) electrons. The summed E-state index contributed by atoms with van der Waals surface area (Å²) in [7, 11) is -3.67. The Morgan fingerprint density at radius 3 is 1.90 bits per heavy atom. The van der Waals surface area contributed by atoms with Crippen molar-refractivity contribution in [1.82, 2.24) is 4.72 Å². The summed E-state index contributed by atoms with van der Waals surface area (Å²) >= 11 is 0. The molecule has 1 rings (SSSR count). The highest BCUT2D eigenvalue weighted by molar-refractivity contribution is 7.89. The minimum Gasteiger partial charge on any atom is -0.383 e. The molecule has 0 bridgehead atoms. The van der Waals surface area contributed by atoms with Crippen molar-refractivity contribution >= 4 is 21.6 Å². The molecule has 31 heavy (non-hydrogen) atoms. The standard InChI is InChI=1S/C24H41FN2O3S/c1-24(2,3)17-13-11-9-7-5-6-8-10-12-14-18-26-22-16-15-20(19-21(22)25)23(28)27-31(4,29)30/h15-16,19,26H,5-14,17-18H2,1-4H3,(H,27,28). The van der Waals surface area contributed by atoms with Gasteiger partial charge in [0.15, 0.2) is 0 Å². The van der Waals surface area contributed by atoms with Crippen LogP contribution in [0.5, 0.6) is 0 Å². The van der Waals surface area contributed by atoms with Crippen molar-refractivity contribution < 1.29 is 17.6 Å². The van der Waals surface area contributed by atoms with E-state index in [0.717, 1.165) is 25.2 Å². The summed E-state index contributed by atoms with van der Waals surface area (Å²) in [5.41, 5.74) is 0.755. The van der Waals surface area contributed by atoms with Crippen LogP contribution < -0.4 is 10.0 Å². The molecular weight excluding hydrogens is 415 g/mol. The highest BCUT2D eigenvalue weighted by Crippen LogP contribution is 2.22. The van der Waals surface area contributed by atoms with E-state index in [4.69, 9.17) is 0 Å². The van der Waals surface area contributed by atoms with Gasteiger partial charge < -0.3 is 5.32 Å². The second kappa shape index (κ2) is 13.7. The Hall–Kier alpha value is -1.63. The van der Waals surface area contributed by atoms with Gasteiger partial charge in [-0.1, -0.05) is 78.6 Å². The van der Waals surface area contributed by atoms with Gasteiger partial charge >= 0.3 is 0 Å². The van der Waals surface area contributed by atoms with Gasteiger partial charge in [0.25, 0.3) is 5.91 Å². The van der Waals surface area contributed by atoms with Crippen molar-refractivity contribution in [2.24, 2.45) is 5.41 Å². The Bertz CT molecular complexity index is 774. The van der Waals surface area contributed by atoms with E-state index >= 15 is 0 Å². The molecule has 7 heteroatoms. The maximum atomic E-state index is 14.1. The van der Waals surface area contributed by atoms with Crippen LogP contribution >= 0.6 is 0 Å².